The second-order valence-electron chi connectivity index (χ2n) is 5.84. The van der Waals surface area contributed by atoms with Crippen LogP contribution in [-0.4, -0.2) is 23.2 Å². The van der Waals surface area contributed by atoms with E-state index in [1.54, 1.807) is 11.8 Å². The fraction of sp³-hybridized carbons (Fsp3) is 0.263. The summed E-state index contributed by atoms with van der Waals surface area (Å²) >= 11 is 8.08. The Hall–Kier alpha value is -1.98. The number of aromatic nitrogens is 2. The molecule has 0 spiro atoms. The smallest absolute Gasteiger partial charge is 0.179 e. The van der Waals surface area contributed by atoms with Crippen molar-refractivity contribution in [3.8, 4) is 11.5 Å². The van der Waals surface area contributed by atoms with E-state index in [0.717, 1.165) is 45.2 Å². The summed E-state index contributed by atoms with van der Waals surface area (Å²) in [5.41, 5.74) is 4.99. The van der Waals surface area contributed by atoms with Crippen LogP contribution < -0.4 is 9.47 Å². The molecule has 3 aromatic rings. The Labute approximate surface area is 155 Å². The summed E-state index contributed by atoms with van der Waals surface area (Å²) in [7, 11) is 0. The number of hydrogen-bond donors (Lipinski definition) is 0. The Morgan fingerprint density at radius 2 is 1.80 bits per heavy atom. The van der Waals surface area contributed by atoms with Crippen LogP contribution in [0.3, 0.4) is 0 Å². The van der Waals surface area contributed by atoms with E-state index < -0.39 is 0 Å². The van der Waals surface area contributed by atoms with Crippen molar-refractivity contribution in [2.75, 3.05) is 13.2 Å². The molecule has 6 heteroatoms. The molecule has 0 unspecified atom stereocenters. The highest BCUT2D eigenvalue weighted by atomic mass is 35.5. The van der Waals surface area contributed by atoms with Gasteiger partial charge in [0.25, 0.3) is 0 Å². The maximum atomic E-state index is 6.30. The first-order valence-electron chi connectivity index (χ1n) is 8.09. The molecule has 0 radical (unpaired) electrons. The van der Waals surface area contributed by atoms with Crippen LogP contribution in [0.25, 0.3) is 11.0 Å². The van der Waals surface area contributed by atoms with Gasteiger partial charge in [0.1, 0.15) is 13.2 Å². The number of nitrogens with zero attached hydrogens (tertiary/aromatic N) is 2. The molecule has 4 nitrogen and oxygen atoms in total. The quantitative estimate of drug-likeness (QED) is 0.658. The van der Waals surface area contributed by atoms with Gasteiger partial charge in [-0.25, -0.2) is 9.97 Å². The molecule has 2 aromatic carbocycles. The van der Waals surface area contributed by atoms with Crippen molar-refractivity contribution >= 4 is 34.4 Å². The van der Waals surface area contributed by atoms with Gasteiger partial charge < -0.3 is 9.47 Å². The van der Waals surface area contributed by atoms with E-state index in [2.05, 4.69) is 4.98 Å². The largest absolute Gasteiger partial charge is 0.486 e. The monoisotopic (exact) mass is 372 g/mol. The molecule has 0 saturated carbocycles. The minimum Gasteiger partial charge on any atom is -0.486 e. The van der Waals surface area contributed by atoms with Gasteiger partial charge in [-0.2, -0.15) is 11.8 Å². The van der Waals surface area contributed by atoms with Crippen molar-refractivity contribution in [2.45, 2.75) is 18.4 Å². The van der Waals surface area contributed by atoms with Gasteiger partial charge >= 0.3 is 0 Å². The fourth-order valence-corrected chi connectivity index (χ4v) is 4.03. The Morgan fingerprint density at radius 1 is 1.04 bits per heavy atom. The molecule has 0 bridgehead atoms. The van der Waals surface area contributed by atoms with Crippen molar-refractivity contribution in [1.82, 2.24) is 9.97 Å². The van der Waals surface area contributed by atoms with E-state index in [4.69, 9.17) is 26.1 Å². The third kappa shape index (κ3) is 3.53. The zero-order valence-electron chi connectivity index (χ0n) is 13.8. The van der Waals surface area contributed by atoms with E-state index in [-0.39, 0.29) is 0 Å². The van der Waals surface area contributed by atoms with Crippen molar-refractivity contribution in [1.29, 1.82) is 0 Å². The van der Waals surface area contributed by atoms with Crippen LogP contribution in [0.15, 0.2) is 36.4 Å². The van der Waals surface area contributed by atoms with Gasteiger partial charge in [0.2, 0.25) is 0 Å². The lowest BCUT2D eigenvalue weighted by molar-refractivity contribution is 0.171. The van der Waals surface area contributed by atoms with Crippen LogP contribution in [-0.2, 0) is 11.5 Å². The summed E-state index contributed by atoms with van der Waals surface area (Å²) in [6, 6.07) is 11.9. The first-order chi connectivity index (χ1) is 12.2. The summed E-state index contributed by atoms with van der Waals surface area (Å²) in [4.78, 5) is 9.38. The van der Waals surface area contributed by atoms with Gasteiger partial charge in [-0.1, -0.05) is 23.7 Å². The van der Waals surface area contributed by atoms with Crippen LogP contribution >= 0.6 is 23.4 Å². The minimum atomic E-state index is 0.542. The summed E-state index contributed by atoms with van der Waals surface area (Å²) in [5, 5.41) is 0.606. The molecule has 2 heterocycles. The lowest BCUT2D eigenvalue weighted by atomic mass is 10.2. The van der Waals surface area contributed by atoms with Crippen molar-refractivity contribution in [3.63, 3.8) is 0 Å². The van der Waals surface area contributed by atoms with Crippen LogP contribution in [0.1, 0.15) is 17.0 Å². The van der Waals surface area contributed by atoms with Gasteiger partial charge in [-0.3, -0.25) is 0 Å². The molecule has 0 N–H and O–H groups in total. The molecule has 0 atom stereocenters. The summed E-state index contributed by atoms with van der Waals surface area (Å²) in [6.07, 6.45) is 0. The number of ether oxygens (including phenoxy) is 2. The lowest BCUT2D eigenvalue weighted by Gasteiger charge is -2.20. The van der Waals surface area contributed by atoms with E-state index in [1.807, 2.05) is 43.3 Å². The van der Waals surface area contributed by atoms with Gasteiger partial charge in [0.15, 0.2) is 11.5 Å². The van der Waals surface area contributed by atoms with E-state index in [0.29, 0.717) is 24.0 Å². The zero-order valence-corrected chi connectivity index (χ0v) is 15.4. The molecule has 0 fully saturated rings. The SMILES string of the molecule is Cc1nc2ccccc2nc1CSCc1cc(Cl)c2c(c1)OCCO2. The standard InChI is InChI=1S/C19H17ClN2O2S/c1-12-17(22-16-5-3-2-4-15(16)21-12)11-25-10-13-8-14(20)19-18(9-13)23-6-7-24-19/h2-5,8-9H,6-7,10-11H2,1H3. The van der Waals surface area contributed by atoms with E-state index in [1.165, 1.54) is 0 Å². The molecule has 128 valence electrons. The predicted molar refractivity (Wildman–Crippen MR) is 102 cm³/mol. The van der Waals surface area contributed by atoms with Crippen molar-refractivity contribution in [3.05, 3.63) is 58.4 Å². The Balaban J connectivity index is 1.47. The minimum absolute atomic E-state index is 0.542. The number of halogens is 1. The van der Waals surface area contributed by atoms with Crippen LogP contribution in [0.2, 0.25) is 5.02 Å². The molecule has 0 aliphatic carbocycles. The van der Waals surface area contributed by atoms with Gasteiger partial charge in [-0.05, 0) is 36.8 Å². The molecule has 0 saturated heterocycles. The topological polar surface area (TPSA) is 44.2 Å². The van der Waals surface area contributed by atoms with Crippen LogP contribution in [0.4, 0.5) is 0 Å². The molecule has 1 aliphatic rings. The van der Waals surface area contributed by atoms with Crippen LogP contribution in [0.5, 0.6) is 11.5 Å². The van der Waals surface area contributed by atoms with Gasteiger partial charge in [0.05, 0.1) is 27.4 Å². The van der Waals surface area contributed by atoms with Gasteiger partial charge in [0, 0.05) is 11.5 Å². The molecular weight excluding hydrogens is 356 g/mol. The maximum Gasteiger partial charge on any atom is 0.179 e. The Bertz CT molecular complexity index is 933. The highest BCUT2D eigenvalue weighted by molar-refractivity contribution is 7.97. The number of rotatable bonds is 4. The summed E-state index contributed by atoms with van der Waals surface area (Å²) in [5.74, 6) is 3.01. The average molecular weight is 373 g/mol. The van der Waals surface area contributed by atoms with E-state index in [9.17, 15) is 0 Å². The molecule has 4 rings (SSSR count). The number of benzene rings is 2. The molecule has 0 amide bonds. The summed E-state index contributed by atoms with van der Waals surface area (Å²) < 4.78 is 11.2. The number of hydrogen-bond acceptors (Lipinski definition) is 5. The zero-order chi connectivity index (χ0) is 17.2. The molecule has 25 heavy (non-hydrogen) atoms. The third-order valence-corrected chi connectivity index (χ3v) is 5.30. The first-order valence-corrected chi connectivity index (χ1v) is 9.62. The third-order valence-electron chi connectivity index (χ3n) is 4.01. The first kappa shape index (κ1) is 16.5. The van der Waals surface area contributed by atoms with Crippen molar-refractivity contribution < 1.29 is 9.47 Å². The summed E-state index contributed by atoms with van der Waals surface area (Å²) in [6.45, 7) is 3.11. The number of para-hydroxylation sites is 2. The number of fused-ring (bicyclic) bond motifs is 2. The van der Waals surface area contributed by atoms with Crippen LogP contribution in [0, 0.1) is 6.92 Å². The fourth-order valence-electron chi connectivity index (χ4n) is 2.77. The number of aryl methyl sites for hydroxylation is 1. The van der Waals surface area contributed by atoms with Gasteiger partial charge in [-0.15, -0.1) is 0 Å². The second kappa shape index (κ2) is 7.10. The Kier molecular flexibility index (Phi) is 4.68. The average Bonchev–Trinajstić information content (AvgIpc) is 2.62. The second-order valence-corrected chi connectivity index (χ2v) is 7.23. The lowest BCUT2D eigenvalue weighted by Crippen LogP contribution is -2.15. The molecule has 1 aliphatic heterocycles. The maximum absolute atomic E-state index is 6.30. The normalized spacial score (nSPS) is 13.2. The predicted octanol–water partition coefficient (Wildman–Crippen LogP) is 4.80. The Morgan fingerprint density at radius 3 is 2.64 bits per heavy atom. The highest BCUT2D eigenvalue weighted by Gasteiger charge is 2.16. The molecule has 1 aromatic heterocycles. The van der Waals surface area contributed by atoms with Crippen molar-refractivity contribution in [2.24, 2.45) is 0 Å². The highest BCUT2D eigenvalue weighted by Crippen LogP contribution is 2.39. The molecular formula is C19H17ClN2O2S. The number of thioether (sulfide) groups is 1. The van der Waals surface area contributed by atoms with E-state index >= 15 is 0 Å².